The predicted molar refractivity (Wildman–Crippen MR) is 93.1 cm³/mol. The highest BCUT2D eigenvalue weighted by atomic mass is 16.5. The highest BCUT2D eigenvalue weighted by molar-refractivity contribution is 5.73. The Kier molecular flexibility index (Phi) is 5.36. The van der Waals surface area contributed by atoms with Gasteiger partial charge in [-0.2, -0.15) is 0 Å². The minimum absolute atomic E-state index is 0.0861. The first kappa shape index (κ1) is 18.2. The van der Waals surface area contributed by atoms with Gasteiger partial charge in [-0.3, -0.25) is 9.69 Å². The fraction of sp³-hybridized carbons (Fsp3) is 0.722. The molecule has 0 aromatic carbocycles. The summed E-state index contributed by atoms with van der Waals surface area (Å²) >= 11 is 0. The predicted octanol–water partition coefficient (Wildman–Crippen LogP) is 0.840. The van der Waals surface area contributed by atoms with Gasteiger partial charge in [0.1, 0.15) is 11.9 Å². The molecule has 1 amide bonds. The maximum absolute atomic E-state index is 11.5. The zero-order valence-electron chi connectivity index (χ0n) is 15.4. The molecular formula is C18H28N4O3. The third-order valence-corrected chi connectivity index (χ3v) is 5.12. The Balaban J connectivity index is 1.61. The Morgan fingerprint density at radius 3 is 2.68 bits per heavy atom. The molecule has 1 aromatic rings. The lowest BCUT2D eigenvalue weighted by atomic mass is 9.90. The molecule has 138 valence electrons. The van der Waals surface area contributed by atoms with Crippen molar-refractivity contribution in [2.45, 2.75) is 45.3 Å². The number of morpholine rings is 1. The van der Waals surface area contributed by atoms with Crippen LogP contribution in [0.5, 0.6) is 0 Å². The summed E-state index contributed by atoms with van der Waals surface area (Å²) in [4.78, 5) is 24.4. The van der Waals surface area contributed by atoms with Crippen LogP contribution in [0.25, 0.3) is 0 Å². The van der Waals surface area contributed by atoms with Crippen LogP contribution in [-0.2, 0) is 9.53 Å². The van der Waals surface area contributed by atoms with E-state index in [1.165, 1.54) is 0 Å². The van der Waals surface area contributed by atoms with Crippen molar-refractivity contribution in [2.24, 2.45) is 0 Å². The van der Waals surface area contributed by atoms with Crippen LogP contribution in [0.15, 0.2) is 6.07 Å². The standard InChI is InChI=1S/C18H28N4O3/c1-13-10-16(20-14(2)19-13)17-11-21(8-9-25-17)12-18(24)4-6-22(7-5-18)15(3)23/h10,17,24H,4-9,11-12H2,1-3H3. The Morgan fingerprint density at radius 1 is 1.32 bits per heavy atom. The van der Waals surface area contributed by atoms with Crippen LogP contribution in [0.1, 0.15) is 43.1 Å². The van der Waals surface area contributed by atoms with Crippen LogP contribution in [0.2, 0.25) is 0 Å². The summed E-state index contributed by atoms with van der Waals surface area (Å²) in [6.45, 7) is 9.46. The van der Waals surface area contributed by atoms with E-state index in [0.29, 0.717) is 45.6 Å². The summed E-state index contributed by atoms with van der Waals surface area (Å²) < 4.78 is 5.91. The minimum atomic E-state index is -0.731. The van der Waals surface area contributed by atoms with E-state index in [1.807, 2.05) is 24.8 Å². The average Bonchev–Trinajstić information content (AvgIpc) is 2.54. The maximum Gasteiger partial charge on any atom is 0.219 e. The highest BCUT2D eigenvalue weighted by Crippen LogP contribution is 2.27. The van der Waals surface area contributed by atoms with Gasteiger partial charge in [0.2, 0.25) is 5.91 Å². The van der Waals surface area contributed by atoms with Crippen LogP contribution in [0.4, 0.5) is 0 Å². The molecule has 1 aromatic heterocycles. The van der Waals surface area contributed by atoms with Crippen LogP contribution in [0, 0.1) is 13.8 Å². The van der Waals surface area contributed by atoms with Crippen LogP contribution in [0.3, 0.4) is 0 Å². The number of carbonyl (C=O) groups is 1. The van der Waals surface area contributed by atoms with Gasteiger partial charge in [-0.25, -0.2) is 9.97 Å². The number of aliphatic hydroxyl groups is 1. The lowest BCUT2D eigenvalue weighted by molar-refractivity contribution is -0.134. The molecule has 0 aliphatic carbocycles. The molecule has 3 rings (SSSR count). The highest BCUT2D eigenvalue weighted by Gasteiger charge is 2.36. The lowest BCUT2D eigenvalue weighted by Gasteiger charge is -2.42. The number of aromatic nitrogens is 2. The van der Waals surface area contributed by atoms with E-state index in [4.69, 9.17) is 4.74 Å². The van der Waals surface area contributed by atoms with E-state index < -0.39 is 5.60 Å². The first-order valence-corrected chi connectivity index (χ1v) is 8.99. The summed E-state index contributed by atoms with van der Waals surface area (Å²) in [5, 5.41) is 10.9. The van der Waals surface area contributed by atoms with Gasteiger partial charge in [-0.1, -0.05) is 0 Å². The Labute approximate surface area is 149 Å². The summed E-state index contributed by atoms with van der Waals surface area (Å²) in [7, 11) is 0. The SMILES string of the molecule is CC(=O)N1CCC(O)(CN2CCOC(c3cc(C)nc(C)n3)C2)CC1. The topological polar surface area (TPSA) is 78.8 Å². The molecule has 0 radical (unpaired) electrons. The smallest absolute Gasteiger partial charge is 0.219 e. The maximum atomic E-state index is 11.5. The van der Waals surface area contributed by atoms with Crippen molar-refractivity contribution in [2.75, 3.05) is 39.3 Å². The fourth-order valence-corrected chi connectivity index (χ4v) is 3.75. The second-order valence-electron chi connectivity index (χ2n) is 7.31. The molecule has 1 unspecified atom stereocenters. The molecule has 2 aliphatic heterocycles. The monoisotopic (exact) mass is 348 g/mol. The van der Waals surface area contributed by atoms with Gasteiger partial charge in [0.25, 0.3) is 0 Å². The minimum Gasteiger partial charge on any atom is -0.388 e. The van der Waals surface area contributed by atoms with Crippen molar-refractivity contribution in [1.82, 2.24) is 19.8 Å². The number of β-amino-alcohol motifs (C(OH)–C–C–N with tert-alkyl or cyclic N) is 1. The quantitative estimate of drug-likeness (QED) is 0.872. The van der Waals surface area contributed by atoms with Crippen molar-refractivity contribution in [1.29, 1.82) is 0 Å². The van der Waals surface area contributed by atoms with Gasteiger partial charge in [0, 0.05) is 45.3 Å². The van der Waals surface area contributed by atoms with Crippen molar-refractivity contribution in [3.8, 4) is 0 Å². The number of hydrogen-bond donors (Lipinski definition) is 1. The number of aryl methyl sites for hydroxylation is 2. The van der Waals surface area contributed by atoms with E-state index >= 15 is 0 Å². The van der Waals surface area contributed by atoms with E-state index in [0.717, 1.165) is 23.8 Å². The Morgan fingerprint density at radius 2 is 2.04 bits per heavy atom. The second-order valence-corrected chi connectivity index (χ2v) is 7.31. The lowest BCUT2D eigenvalue weighted by Crippen LogP contribution is -2.53. The van der Waals surface area contributed by atoms with Gasteiger partial charge < -0.3 is 14.7 Å². The van der Waals surface area contributed by atoms with Crippen LogP contribution in [-0.4, -0.2) is 75.7 Å². The molecule has 0 bridgehead atoms. The van der Waals surface area contributed by atoms with Crippen molar-refractivity contribution < 1.29 is 14.6 Å². The van der Waals surface area contributed by atoms with E-state index in [2.05, 4.69) is 14.9 Å². The molecular weight excluding hydrogens is 320 g/mol. The Hall–Kier alpha value is -1.57. The molecule has 25 heavy (non-hydrogen) atoms. The summed E-state index contributed by atoms with van der Waals surface area (Å²) in [5.41, 5.74) is 1.12. The summed E-state index contributed by atoms with van der Waals surface area (Å²) in [6.07, 6.45) is 1.16. The molecule has 1 N–H and O–H groups in total. The first-order chi connectivity index (χ1) is 11.8. The number of carbonyl (C=O) groups excluding carboxylic acids is 1. The van der Waals surface area contributed by atoms with Crippen molar-refractivity contribution in [3.05, 3.63) is 23.3 Å². The average molecular weight is 348 g/mol. The normalized spacial score (nSPS) is 24.3. The summed E-state index contributed by atoms with van der Waals surface area (Å²) in [5.74, 6) is 0.842. The number of nitrogens with zero attached hydrogens (tertiary/aromatic N) is 4. The number of likely N-dealkylation sites (tertiary alicyclic amines) is 1. The largest absolute Gasteiger partial charge is 0.388 e. The molecule has 3 heterocycles. The Bertz CT molecular complexity index is 608. The number of amides is 1. The second kappa shape index (κ2) is 7.35. The molecule has 7 nitrogen and oxygen atoms in total. The van der Waals surface area contributed by atoms with E-state index in [1.54, 1.807) is 6.92 Å². The first-order valence-electron chi connectivity index (χ1n) is 8.99. The van der Waals surface area contributed by atoms with Gasteiger partial charge >= 0.3 is 0 Å². The molecule has 0 saturated carbocycles. The van der Waals surface area contributed by atoms with E-state index in [9.17, 15) is 9.90 Å². The van der Waals surface area contributed by atoms with Gasteiger partial charge in [0.05, 0.1) is 17.9 Å². The molecule has 1 atom stereocenters. The van der Waals surface area contributed by atoms with Crippen LogP contribution < -0.4 is 0 Å². The molecule has 2 aliphatic rings. The molecule has 2 fully saturated rings. The number of rotatable bonds is 3. The van der Waals surface area contributed by atoms with Gasteiger partial charge in [-0.05, 0) is 32.8 Å². The van der Waals surface area contributed by atoms with Crippen molar-refractivity contribution >= 4 is 5.91 Å². The number of hydrogen-bond acceptors (Lipinski definition) is 6. The number of piperidine rings is 1. The zero-order chi connectivity index (χ0) is 18.0. The zero-order valence-corrected chi connectivity index (χ0v) is 15.4. The van der Waals surface area contributed by atoms with Crippen molar-refractivity contribution in [3.63, 3.8) is 0 Å². The van der Waals surface area contributed by atoms with Gasteiger partial charge in [-0.15, -0.1) is 0 Å². The van der Waals surface area contributed by atoms with E-state index in [-0.39, 0.29) is 12.0 Å². The third kappa shape index (κ3) is 4.54. The molecule has 0 spiro atoms. The molecule has 2 saturated heterocycles. The van der Waals surface area contributed by atoms with Crippen LogP contribution >= 0.6 is 0 Å². The third-order valence-electron chi connectivity index (χ3n) is 5.12. The van der Waals surface area contributed by atoms with Gasteiger partial charge in [0.15, 0.2) is 0 Å². The number of ether oxygens (including phenoxy) is 1. The summed E-state index contributed by atoms with van der Waals surface area (Å²) in [6, 6.07) is 1.97. The molecule has 7 heteroatoms. The fourth-order valence-electron chi connectivity index (χ4n) is 3.75.